The van der Waals surface area contributed by atoms with Crippen molar-refractivity contribution in [2.24, 2.45) is 0 Å². The molecule has 0 spiro atoms. The molecule has 1 rings (SSSR count). The van der Waals surface area contributed by atoms with Crippen LogP contribution in [0, 0.1) is 13.8 Å². The largest absolute Gasteiger partial charge is 0.325 e. The molecule has 1 aromatic rings. The summed E-state index contributed by atoms with van der Waals surface area (Å²) in [6.07, 6.45) is 0. The lowest BCUT2D eigenvalue weighted by atomic mass is 10.1. The number of hydrogen-bond acceptors (Lipinski definition) is 3. The summed E-state index contributed by atoms with van der Waals surface area (Å²) in [4.78, 5) is 13.9. The van der Waals surface area contributed by atoms with Crippen molar-refractivity contribution in [2.45, 2.75) is 13.8 Å². The molecule has 0 bridgehead atoms. The molecule has 0 fully saturated rings. The number of amides is 1. The van der Waals surface area contributed by atoms with Gasteiger partial charge < -0.3 is 10.6 Å². The monoisotopic (exact) mass is 249 g/mol. The molecular weight excluding hydrogens is 226 g/mol. The third kappa shape index (κ3) is 4.85. The van der Waals surface area contributed by atoms with Gasteiger partial charge in [-0.2, -0.15) is 0 Å². The lowest BCUT2D eigenvalue weighted by Crippen LogP contribution is -2.34. The topological polar surface area (TPSA) is 44.4 Å². The van der Waals surface area contributed by atoms with E-state index in [1.807, 2.05) is 51.0 Å². The number of carbonyl (C=O) groups is 1. The molecular formula is C14H23N3O. The number of nitrogens with zero attached hydrogens (tertiary/aromatic N) is 1. The molecule has 0 saturated carbocycles. The van der Waals surface area contributed by atoms with E-state index in [0.717, 1.165) is 29.9 Å². The molecule has 2 N–H and O–H groups in total. The Hall–Kier alpha value is -1.39. The average molecular weight is 249 g/mol. The van der Waals surface area contributed by atoms with Gasteiger partial charge in [-0.05, 0) is 45.1 Å². The Kier molecular flexibility index (Phi) is 5.82. The van der Waals surface area contributed by atoms with Gasteiger partial charge in [0.25, 0.3) is 0 Å². The standard InChI is InChI=1S/C14H23N3O/c1-11-5-6-12(2)13(9-11)16-14(18)10-17(4)8-7-15-3/h5-6,9,15H,7-8,10H2,1-4H3,(H,16,18). The van der Waals surface area contributed by atoms with Crippen LogP contribution in [0.25, 0.3) is 0 Å². The van der Waals surface area contributed by atoms with Gasteiger partial charge in [0.15, 0.2) is 0 Å². The lowest BCUT2D eigenvalue weighted by Gasteiger charge is -2.16. The first-order valence-electron chi connectivity index (χ1n) is 6.23. The van der Waals surface area contributed by atoms with Crippen LogP contribution in [0.3, 0.4) is 0 Å². The van der Waals surface area contributed by atoms with Crippen LogP contribution in [0.4, 0.5) is 5.69 Å². The normalized spacial score (nSPS) is 10.7. The van der Waals surface area contributed by atoms with E-state index in [4.69, 9.17) is 0 Å². The average Bonchev–Trinajstić information content (AvgIpc) is 2.31. The Labute approximate surface area is 109 Å². The summed E-state index contributed by atoms with van der Waals surface area (Å²) in [7, 11) is 3.85. The van der Waals surface area contributed by atoms with Gasteiger partial charge in [-0.1, -0.05) is 12.1 Å². The summed E-state index contributed by atoms with van der Waals surface area (Å²) in [5.74, 6) is 0.0299. The van der Waals surface area contributed by atoms with Crippen molar-refractivity contribution in [3.8, 4) is 0 Å². The number of nitrogens with one attached hydrogen (secondary N) is 2. The molecule has 0 aliphatic rings. The van der Waals surface area contributed by atoms with Gasteiger partial charge in [0, 0.05) is 18.8 Å². The van der Waals surface area contributed by atoms with Crippen LogP contribution < -0.4 is 10.6 Å². The maximum absolute atomic E-state index is 11.9. The number of likely N-dealkylation sites (N-methyl/N-ethyl adjacent to an activating group) is 2. The van der Waals surface area contributed by atoms with E-state index in [1.165, 1.54) is 0 Å². The quantitative estimate of drug-likeness (QED) is 0.801. The first kappa shape index (κ1) is 14.7. The molecule has 0 aliphatic heterocycles. The molecule has 18 heavy (non-hydrogen) atoms. The first-order chi connectivity index (χ1) is 8.52. The van der Waals surface area contributed by atoms with E-state index < -0.39 is 0 Å². The zero-order chi connectivity index (χ0) is 13.5. The number of hydrogen-bond donors (Lipinski definition) is 2. The molecule has 100 valence electrons. The molecule has 0 heterocycles. The highest BCUT2D eigenvalue weighted by Gasteiger charge is 2.07. The Morgan fingerprint density at radius 1 is 1.33 bits per heavy atom. The SMILES string of the molecule is CNCCN(C)CC(=O)Nc1cc(C)ccc1C. The second-order valence-corrected chi connectivity index (χ2v) is 4.71. The van der Waals surface area contributed by atoms with Crippen LogP contribution in [-0.4, -0.2) is 44.5 Å². The second-order valence-electron chi connectivity index (χ2n) is 4.71. The smallest absolute Gasteiger partial charge is 0.238 e. The van der Waals surface area contributed by atoms with Crippen LogP contribution in [0.5, 0.6) is 0 Å². The van der Waals surface area contributed by atoms with Crippen LogP contribution in [0.1, 0.15) is 11.1 Å². The van der Waals surface area contributed by atoms with E-state index in [2.05, 4.69) is 10.6 Å². The minimum atomic E-state index is 0.0299. The summed E-state index contributed by atoms with van der Waals surface area (Å²) in [5, 5.41) is 6.02. The van der Waals surface area contributed by atoms with E-state index in [9.17, 15) is 4.79 Å². The van der Waals surface area contributed by atoms with Gasteiger partial charge in [0.05, 0.1) is 6.54 Å². The van der Waals surface area contributed by atoms with Gasteiger partial charge >= 0.3 is 0 Å². The molecule has 0 saturated heterocycles. The van der Waals surface area contributed by atoms with Gasteiger partial charge in [-0.25, -0.2) is 0 Å². The van der Waals surface area contributed by atoms with E-state index in [-0.39, 0.29) is 5.91 Å². The van der Waals surface area contributed by atoms with Gasteiger partial charge in [-0.15, -0.1) is 0 Å². The first-order valence-corrected chi connectivity index (χ1v) is 6.23. The summed E-state index contributed by atoms with van der Waals surface area (Å²) in [6, 6.07) is 6.07. The molecule has 4 heteroatoms. The maximum Gasteiger partial charge on any atom is 0.238 e. The number of aryl methyl sites for hydroxylation is 2. The van der Waals surface area contributed by atoms with Gasteiger partial charge in [0.1, 0.15) is 0 Å². The van der Waals surface area contributed by atoms with Gasteiger partial charge in [0.2, 0.25) is 5.91 Å². The van der Waals surface area contributed by atoms with E-state index >= 15 is 0 Å². The minimum absolute atomic E-state index is 0.0299. The van der Waals surface area contributed by atoms with Crippen molar-refractivity contribution < 1.29 is 4.79 Å². The van der Waals surface area contributed by atoms with Crippen molar-refractivity contribution >= 4 is 11.6 Å². The number of carbonyl (C=O) groups excluding carboxylic acids is 1. The molecule has 1 amide bonds. The molecule has 0 atom stereocenters. The number of anilines is 1. The van der Waals surface area contributed by atoms with Crippen molar-refractivity contribution in [3.63, 3.8) is 0 Å². The highest BCUT2D eigenvalue weighted by Crippen LogP contribution is 2.16. The molecule has 0 radical (unpaired) electrons. The summed E-state index contributed by atoms with van der Waals surface area (Å²) < 4.78 is 0. The molecule has 0 aromatic heterocycles. The summed E-state index contributed by atoms with van der Waals surface area (Å²) >= 11 is 0. The molecule has 0 aliphatic carbocycles. The Morgan fingerprint density at radius 2 is 2.06 bits per heavy atom. The van der Waals surface area contributed by atoms with Crippen molar-refractivity contribution in [3.05, 3.63) is 29.3 Å². The number of rotatable bonds is 6. The highest BCUT2D eigenvalue weighted by atomic mass is 16.2. The second kappa shape index (κ2) is 7.13. The summed E-state index contributed by atoms with van der Waals surface area (Å²) in [6.45, 7) is 6.17. The van der Waals surface area contributed by atoms with Crippen molar-refractivity contribution in [1.29, 1.82) is 0 Å². The molecule has 0 unspecified atom stereocenters. The van der Waals surface area contributed by atoms with Crippen LogP contribution in [0.15, 0.2) is 18.2 Å². The number of benzene rings is 1. The fourth-order valence-electron chi connectivity index (χ4n) is 1.69. The zero-order valence-electron chi connectivity index (χ0n) is 11.7. The minimum Gasteiger partial charge on any atom is -0.325 e. The Morgan fingerprint density at radius 3 is 2.72 bits per heavy atom. The maximum atomic E-state index is 11.9. The molecule has 4 nitrogen and oxygen atoms in total. The van der Waals surface area contributed by atoms with Crippen molar-refractivity contribution in [2.75, 3.05) is 39.0 Å². The predicted octanol–water partition coefficient (Wildman–Crippen LogP) is 1.39. The predicted molar refractivity (Wildman–Crippen MR) is 76.0 cm³/mol. The van der Waals surface area contributed by atoms with Gasteiger partial charge in [-0.3, -0.25) is 9.69 Å². The van der Waals surface area contributed by atoms with Crippen LogP contribution in [-0.2, 0) is 4.79 Å². The van der Waals surface area contributed by atoms with Crippen LogP contribution >= 0.6 is 0 Å². The Bertz CT molecular complexity index is 404. The third-order valence-corrected chi connectivity index (χ3v) is 2.82. The zero-order valence-corrected chi connectivity index (χ0v) is 11.7. The van der Waals surface area contributed by atoms with E-state index in [1.54, 1.807) is 0 Å². The third-order valence-electron chi connectivity index (χ3n) is 2.82. The fraction of sp³-hybridized carbons (Fsp3) is 0.500. The highest BCUT2D eigenvalue weighted by molar-refractivity contribution is 5.93. The lowest BCUT2D eigenvalue weighted by molar-refractivity contribution is -0.117. The fourth-order valence-corrected chi connectivity index (χ4v) is 1.69. The Balaban J connectivity index is 2.51. The van der Waals surface area contributed by atoms with Crippen molar-refractivity contribution in [1.82, 2.24) is 10.2 Å². The van der Waals surface area contributed by atoms with Crippen LogP contribution in [0.2, 0.25) is 0 Å². The molecule has 1 aromatic carbocycles. The summed E-state index contributed by atoms with van der Waals surface area (Å²) in [5.41, 5.74) is 3.15. The van der Waals surface area contributed by atoms with E-state index in [0.29, 0.717) is 6.54 Å².